The zero-order valence-corrected chi connectivity index (χ0v) is 23.3. The molecule has 9 nitrogen and oxygen atoms in total. The third-order valence-electron chi connectivity index (χ3n) is 6.63. The van der Waals surface area contributed by atoms with Crippen LogP contribution in [0.4, 0.5) is 4.79 Å². The maximum Gasteiger partial charge on any atom is 0.408 e. The lowest BCUT2D eigenvalue weighted by Crippen LogP contribution is -2.58. The monoisotopic (exact) mass is 539 g/mol. The summed E-state index contributed by atoms with van der Waals surface area (Å²) >= 11 is 0. The Morgan fingerprint density at radius 1 is 1.05 bits per heavy atom. The molecule has 2 aromatic rings. The molecule has 212 valence electrons. The summed E-state index contributed by atoms with van der Waals surface area (Å²) in [5.74, 6) is -0.675. The Morgan fingerprint density at radius 3 is 2.31 bits per heavy atom. The van der Waals surface area contributed by atoms with Crippen LogP contribution in [0.5, 0.6) is 11.5 Å². The minimum absolute atomic E-state index is 0.00705. The molecule has 0 aromatic heterocycles. The molecule has 0 spiro atoms. The van der Waals surface area contributed by atoms with Crippen LogP contribution in [0, 0.1) is 0 Å². The van der Waals surface area contributed by atoms with Gasteiger partial charge in [-0.05, 0) is 81.8 Å². The summed E-state index contributed by atoms with van der Waals surface area (Å²) in [6, 6.07) is 10.6. The zero-order valence-electron chi connectivity index (χ0n) is 23.3. The fourth-order valence-corrected chi connectivity index (χ4v) is 4.50. The minimum atomic E-state index is -1.03. The van der Waals surface area contributed by atoms with Gasteiger partial charge in [-0.15, -0.1) is 0 Å². The minimum Gasteiger partial charge on any atom is -0.508 e. The van der Waals surface area contributed by atoms with Crippen molar-refractivity contribution in [2.75, 3.05) is 6.54 Å². The average molecular weight is 540 g/mol. The lowest BCUT2D eigenvalue weighted by Gasteiger charge is -2.43. The van der Waals surface area contributed by atoms with Crippen molar-refractivity contribution in [3.8, 4) is 11.5 Å². The van der Waals surface area contributed by atoms with Gasteiger partial charge < -0.3 is 30.5 Å². The van der Waals surface area contributed by atoms with E-state index in [4.69, 9.17) is 4.74 Å². The Balaban J connectivity index is 2.01. The number of aromatic hydroxyl groups is 2. The molecule has 0 bridgehead atoms. The van der Waals surface area contributed by atoms with Crippen LogP contribution in [0.15, 0.2) is 48.5 Å². The van der Waals surface area contributed by atoms with Gasteiger partial charge in [-0.3, -0.25) is 9.59 Å². The Bertz CT molecular complexity index is 1120. The predicted molar refractivity (Wildman–Crippen MR) is 148 cm³/mol. The fourth-order valence-electron chi connectivity index (χ4n) is 4.50. The van der Waals surface area contributed by atoms with Crippen molar-refractivity contribution in [3.63, 3.8) is 0 Å². The van der Waals surface area contributed by atoms with Gasteiger partial charge in [-0.1, -0.05) is 37.6 Å². The summed E-state index contributed by atoms with van der Waals surface area (Å²) < 4.78 is 5.46. The van der Waals surface area contributed by atoms with Crippen LogP contribution in [0.2, 0.25) is 0 Å². The van der Waals surface area contributed by atoms with Crippen LogP contribution in [-0.2, 0) is 20.7 Å². The van der Waals surface area contributed by atoms with Gasteiger partial charge in [-0.2, -0.15) is 0 Å². The largest absolute Gasteiger partial charge is 0.508 e. The quantitative estimate of drug-likeness (QED) is 0.310. The SMILES string of the molecule is CCCCNC(=O)C(c1cccc(O)c1)N(C(=O)C(Cc1ccc(O)cc1)NC(=O)OC(C)(C)C)C1CCC1. The van der Waals surface area contributed by atoms with Crippen molar-refractivity contribution in [1.82, 2.24) is 15.5 Å². The van der Waals surface area contributed by atoms with Crippen molar-refractivity contribution in [1.29, 1.82) is 0 Å². The highest BCUT2D eigenvalue weighted by molar-refractivity contribution is 5.92. The summed E-state index contributed by atoms with van der Waals surface area (Å²) in [5, 5.41) is 25.6. The first-order chi connectivity index (χ1) is 18.5. The van der Waals surface area contributed by atoms with E-state index in [-0.39, 0.29) is 29.9 Å². The molecule has 9 heteroatoms. The van der Waals surface area contributed by atoms with Gasteiger partial charge in [0.05, 0.1) is 0 Å². The number of phenols is 2. The van der Waals surface area contributed by atoms with Crippen LogP contribution in [-0.4, -0.2) is 57.3 Å². The van der Waals surface area contributed by atoms with Crippen molar-refractivity contribution >= 4 is 17.9 Å². The molecule has 39 heavy (non-hydrogen) atoms. The summed E-state index contributed by atoms with van der Waals surface area (Å²) in [6.45, 7) is 7.71. The first-order valence-electron chi connectivity index (χ1n) is 13.6. The topological polar surface area (TPSA) is 128 Å². The molecule has 1 aliphatic carbocycles. The number of nitrogens with one attached hydrogen (secondary N) is 2. The number of carbonyl (C=O) groups is 3. The van der Waals surface area contributed by atoms with Gasteiger partial charge in [0.2, 0.25) is 11.8 Å². The highest BCUT2D eigenvalue weighted by atomic mass is 16.6. The number of phenolic OH excluding ortho intramolecular Hbond substituents is 2. The molecule has 0 heterocycles. The Kier molecular flexibility index (Phi) is 10.2. The van der Waals surface area contributed by atoms with Gasteiger partial charge in [0, 0.05) is 19.0 Å². The van der Waals surface area contributed by atoms with E-state index < -0.39 is 29.7 Å². The number of carbonyl (C=O) groups excluding carboxylic acids is 3. The predicted octanol–water partition coefficient (Wildman–Crippen LogP) is 4.57. The molecular weight excluding hydrogens is 498 g/mol. The van der Waals surface area contributed by atoms with Crippen LogP contribution < -0.4 is 10.6 Å². The zero-order chi connectivity index (χ0) is 28.6. The Labute approximate surface area is 230 Å². The molecule has 2 atom stereocenters. The summed E-state index contributed by atoms with van der Waals surface area (Å²) in [6.07, 6.45) is 3.45. The van der Waals surface area contributed by atoms with Gasteiger partial charge >= 0.3 is 6.09 Å². The fraction of sp³-hybridized carbons (Fsp3) is 0.500. The maximum atomic E-state index is 14.3. The summed E-state index contributed by atoms with van der Waals surface area (Å²) in [7, 11) is 0. The number of amides is 3. The first-order valence-corrected chi connectivity index (χ1v) is 13.6. The average Bonchev–Trinajstić information content (AvgIpc) is 2.82. The number of ether oxygens (including phenoxy) is 1. The second-order valence-electron chi connectivity index (χ2n) is 11.0. The normalized spacial score (nSPS) is 15.0. The number of benzene rings is 2. The van der Waals surface area contributed by atoms with E-state index in [9.17, 15) is 24.6 Å². The number of nitrogens with zero attached hydrogens (tertiary/aromatic N) is 1. The molecule has 1 aliphatic rings. The number of hydrogen-bond donors (Lipinski definition) is 4. The highest BCUT2D eigenvalue weighted by Crippen LogP contribution is 2.35. The first kappa shape index (κ1) is 29.8. The molecule has 3 rings (SSSR count). The number of hydrogen-bond acceptors (Lipinski definition) is 6. The lowest BCUT2D eigenvalue weighted by molar-refractivity contribution is -0.147. The molecule has 3 amide bonds. The van der Waals surface area contributed by atoms with Gasteiger partial charge in [0.1, 0.15) is 29.2 Å². The third kappa shape index (κ3) is 8.63. The third-order valence-corrected chi connectivity index (χ3v) is 6.63. The second kappa shape index (κ2) is 13.4. The van der Waals surface area contributed by atoms with Crippen molar-refractivity contribution in [2.45, 2.75) is 89.9 Å². The number of alkyl carbamates (subject to hydrolysis) is 1. The number of unbranched alkanes of at least 4 members (excludes halogenated alkanes) is 1. The molecule has 1 fully saturated rings. The number of rotatable bonds is 11. The second-order valence-corrected chi connectivity index (χ2v) is 11.0. The van der Waals surface area contributed by atoms with Crippen LogP contribution in [0.25, 0.3) is 0 Å². The van der Waals surface area contributed by atoms with Crippen LogP contribution in [0.1, 0.15) is 77.0 Å². The highest BCUT2D eigenvalue weighted by Gasteiger charge is 2.42. The molecular formula is C30H41N3O6. The van der Waals surface area contributed by atoms with Gasteiger partial charge in [0.25, 0.3) is 0 Å². The molecule has 4 N–H and O–H groups in total. The van der Waals surface area contributed by atoms with Crippen molar-refractivity contribution in [3.05, 3.63) is 59.7 Å². The summed E-state index contributed by atoms with van der Waals surface area (Å²) in [5.41, 5.74) is 0.439. The van der Waals surface area contributed by atoms with E-state index in [1.807, 2.05) is 6.92 Å². The van der Waals surface area contributed by atoms with E-state index in [1.54, 1.807) is 49.9 Å². The Hall–Kier alpha value is -3.75. The van der Waals surface area contributed by atoms with Crippen LogP contribution >= 0.6 is 0 Å². The van der Waals surface area contributed by atoms with E-state index in [0.29, 0.717) is 12.1 Å². The van der Waals surface area contributed by atoms with E-state index in [0.717, 1.165) is 37.7 Å². The van der Waals surface area contributed by atoms with Crippen molar-refractivity contribution < 1.29 is 29.3 Å². The van der Waals surface area contributed by atoms with E-state index in [1.165, 1.54) is 24.3 Å². The van der Waals surface area contributed by atoms with E-state index >= 15 is 0 Å². The van der Waals surface area contributed by atoms with E-state index in [2.05, 4.69) is 10.6 Å². The van der Waals surface area contributed by atoms with Crippen molar-refractivity contribution in [2.24, 2.45) is 0 Å². The summed E-state index contributed by atoms with van der Waals surface area (Å²) in [4.78, 5) is 42.4. The van der Waals surface area contributed by atoms with Gasteiger partial charge in [-0.25, -0.2) is 4.79 Å². The maximum absolute atomic E-state index is 14.3. The smallest absolute Gasteiger partial charge is 0.408 e. The standard InChI is InChI=1S/C30H41N3O6/c1-5-6-17-31-27(36)26(21-9-7-12-24(35)19-21)33(22-10-8-11-22)28(37)25(32-29(38)39-30(2,3)4)18-20-13-15-23(34)16-14-20/h7,9,12-16,19,22,25-26,34-35H,5-6,8,10-11,17-18H2,1-4H3,(H,31,36)(H,32,38). The Morgan fingerprint density at radius 2 is 1.74 bits per heavy atom. The lowest BCUT2D eigenvalue weighted by atomic mass is 9.87. The molecule has 2 aromatic carbocycles. The molecule has 0 aliphatic heterocycles. The molecule has 2 unspecified atom stereocenters. The molecule has 1 saturated carbocycles. The van der Waals surface area contributed by atoms with Gasteiger partial charge in [0.15, 0.2) is 0 Å². The molecule has 0 saturated heterocycles. The van der Waals surface area contributed by atoms with Crippen LogP contribution in [0.3, 0.4) is 0 Å². The molecule has 0 radical (unpaired) electrons.